The third-order valence-electron chi connectivity index (χ3n) is 2.16. The number of hydrogen-bond acceptors (Lipinski definition) is 2. The highest BCUT2D eigenvalue weighted by molar-refractivity contribution is 5.32. The van der Waals surface area contributed by atoms with Crippen molar-refractivity contribution in [2.45, 2.75) is 13.8 Å². The van der Waals surface area contributed by atoms with Gasteiger partial charge in [0.2, 0.25) is 0 Å². The molecule has 0 N–H and O–H groups in total. The number of aromatic nitrogens is 3. The highest BCUT2D eigenvalue weighted by Crippen LogP contribution is 2.11. The van der Waals surface area contributed by atoms with Gasteiger partial charge in [-0.25, -0.2) is 4.68 Å². The average Bonchev–Trinajstić information content (AvgIpc) is 2.49. The predicted molar refractivity (Wildman–Crippen MR) is 50.8 cm³/mol. The van der Waals surface area contributed by atoms with E-state index in [1.165, 1.54) is 11.3 Å². The molecule has 0 saturated heterocycles. The molecule has 0 atom stereocenters. The van der Waals surface area contributed by atoms with Gasteiger partial charge in [0.05, 0.1) is 11.9 Å². The Hall–Kier alpha value is -1.64. The van der Waals surface area contributed by atoms with Crippen LogP contribution in [0.3, 0.4) is 0 Å². The largest absolute Gasteiger partial charge is 0.265 e. The van der Waals surface area contributed by atoms with E-state index in [1.807, 2.05) is 23.0 Å². The third-order valence-corrected chi connectivity index (χ3v) is 2.16. The van der Waals surface area contributed by atoms with Gasteiger partial charge in [0.1, 0.15) is 0 Å². The summed E-state index contributed by atoms with van der Waals surface area (Å²) in [6.07, 6.45) is 5.41. The Balaban J connectivity index is 2.53. The minimum atomic E-state index is 1.06. The lowest BCUT2D eigenvalue weighted by molar-refractivity contribution is 0.843. The van der Waals surface area contributed by atoms with Crippen molar-refractivity contribution < 1.29 is 0 Å². The van der Waals surface area contributed by atoms with E-state index in [2.05, 4.69) is 23.9 Å². The van der Waals surface area contributed by atoms with Gasteiger partial charge >= 0.3 is 0 Å². The molecule has 0 saturated carbocycles. The van der Waals surface area contributed by atoms with Crippen molar-refractivity contribution in [1.82, 2.24) is 14.8 Å². The zero-order chi connectivity index (χ0) is 9.26. The number of rotatable bonds is 1. The third kappa shape index (κ3) is 1.33. The lowest BCUT2D eigenvalue weighted by Gasteiger charge is -2.02. The molecule has 0 amide bonds. The van der Waals surface area contributed by atoms with Gasteiger partial charge in [-0.2, -0.15) is 5.10 Å². The highest BCUT2D eigenvalue weighted by atomic mass is 15.3. The highest BCUT2D eigenvalue weighted by Gasteiger charge is 2.02. The number of pyridine rings is 1. The first-order valence-electron chi connectivity index (χ1n) is 4.20. The molecule has 13 heavy (non-hydrogen) atoms. The van der Waals surface area contributed by atoms with Crippen LogP contribution < -0.4 is 0 Å². The van der Waals surface area contributed by atoms with E-state index in [1.54, 1.807) is 12.4 Å². The van der Waals surface area contributed by atoms with Crippen molar-refractivity contribution in [3.63, 3.8) is 0 Å². The Labute approximate surface area is 77.0 Å². The summed E-state index contributed by atoms with van der Waals surface area (Å²) in [7, 11) is 0. The van der Waals surface area contributed by atoms with E-state index in [0.29, 0.717) is 0 Å². The molecule has 0 unspecified atom stereocenters. The monoisotopic (exact) mass is 173 g/mol. The molecular weight excluding hydrogens is 162 g/mol. The Bertz CT molecular complexity index is 403. The van der Waals surface area contributed by atoms with Crippen LogP contribution >= 0.6 is 0 Å². The minimum Gasteiger partial charge on any atom is -0.265 e. The van der Waals surface area contributed by atoms with Crippen LogP contribution in [-0.2, 0) is 0 Å². The van der Waals surface area contributed by atoms with Gasteiger partial charge in [-0.3, -0.25) is 4.98 Å². The van der Waals surface area contributed by atoms with Crippen molar-refractivity contribution in [3.05, 3.63) is 42.0 Å². The molecule has 2 rings (SSSR count). The first kappa shape index (κ1) is 7.98. The number of hydrogen-bond donors (Lipinski definition) is 0. The second kappa shape index (κ2) is 3.01. The average molecular weight is 173 g/mol. The lowest BCUT2D eigenvalue weighted by Crippen LogP contribution is -1.98. The van der Waals surface area contributed by atoms with Crippen LogP contribution in [0, 0.1) is 13.8 Å². The summed E-state index contributed by atoms with van der Waals surface area (Å²) in [6.45, 7) is 4.11. The topological polar surface area (TPSA) is 30.7 Å². The standard InChI is InChI=1S/C10H11N3/c1-8-7-12-13(9(8)2)10-3-5-11-6-4-10/h3-7H,1-2H3. The van der Waals surface area contributed by atoms with E-state index >= 15 is 0 Å². The quantitative estimate of drug-likeness (QED) is 0.659. The van der Waals surface area contributed by atoms with Gasteiger partial charge in [-0.15, -0.1) is 0 Å². The second-order valence-corrected chi connectivity index (χ2v) is 3.03. The van der Waals surface area contributed by atoms with E-state index in [-0.39, 0.29) is 0 Å². The Kier molecular flexibility index (Phi) is 1.85. The summed E-state index contributed by atoms with van der Waals surface area (Å²) >= 11 is 0. The first-order chi connectivity index (χ1) is 6.29. The molecule has 0 radical (unpaired) electrons. The van der Waals surface area contributed by atoms with Crippen LogP contribution in [0.25, 0.3) is 5.69 Å². The first-order valence-corrected chi connectivity index (χ1v) is 4.20. The number of aryl methyl sites for hydroxylation is 1. The summed E-state index contributed by atoms with van der Waals surface area (Å²) in [5.41, 5.74) is 3.43. The van der Waals surface area contributed by atoms with Crippen LogP contribution in [-0.4, -0.2) is 14.8 Å². The summed E-state index contributed by atoms with van der Waals surface area (Å²) in [6, 6.07) is 3.89. The lowest BCUT2D eigenvalue weighted by atomic mass is 10.3. The molecule has 0 spiro atoms. The van der Waals surface area contributed by atoms with Gasteiger partial charge in [0, 0.05) is 18.1 Å². The van der Waals surface area contributed by atoms with Crippen molar-refractivity contribution >= 4 is 0 Å². The van der Waals surface area contributed by atoms with E-state index < -0.39 is 0 Å². The molecule has 0 aliphatic heterocycles. The van der Waals surface area contributed by atoms with Crippen LogP contribution in [0.4, 0.5) is 0 Å². The SMILES string of the molecule is Cc1cnn(-c2ccncc2)c1C. The molecule has 3 heteroatoms. The second-order valence-electron chi connectivity index (χ2n) is 3.03. The van der Waals surface area contributed by atoms with Crippen molar-refractivity contribution in [2.24, 2.45) is 0 Å². The fourth-order valence-electron chi connectivity index (χ4n) is 1.24. The van der Waals surface area contributed by atoms with E-state index in [4.69, 9.17) is 0 Å². The van der Waals surface area contributed by atoms with E-state index in [9.17, 15) is 0 Å². The molecule has 66 valence electrons. The molecule has 0 aromatic carbocycles. The number of nitrogens with zero attached hydrogens (tertiary/aromatic N) is 3. The van der Waals surface area contributed by atoms with E-state index in [0.717, 1.165) is 5.69 Å². The smallest absolute Gasteiger partial charge is 0.0679 e. The van der Waals surface area contributed by atoms with Crippen molar-refractivity contribution in [2.75, 3.05) is 0 Å². The molecule has 3 nitrogen and oxygen atoms in total. The molecule has 2 heterocycles. The van der Waals surface area contributed by atoms with Crippen molar-refractivity contribution in [1.29, 1.82) is 0 Å². The normalized spacial score (nSPS) is 10.3. The minimum absolute atomic E-state index is 1.06. The van der Waals surface area contributed by atoms with Gasteiger partial charge < -0.3 is 0 Å². The Morgan fingerprint density at radius 1 is 1.15 bits per heavy atom. The zero-order valence-electron chi connectivity index (χ0n) is 7.73. The molecule has 0 aliphatic carbocycles. The van der Waals surface area contributed by atoms with Gasteiger partial charge in [0.15, 0.2) is 0 Å². The summed E-state index contributed by atoms with van der Waals surface area (Å²) in [4.78, 5) is 3.97. The predicted octanol–water partition coefficient (Wildman–Crippen LogP) is 1.88. The van der Waals surface area contributed by atoms with Crippen LogP contribution in [0.2, 0.25) is 0 Å². The van der Waals surface area contributed by atoms with Crippen LogP contribution in [0.1, 0.15) is 11.3 Å². The maximum Gasteiger partial charge on any atom is 0.0679 e. The maximum absolute atomic E-state index is 4.27. The summed E-state index contributed by atoms with van der Waals surface area (Å²) in [5, 5.41) is 4.27. The Morgan fingerprint density at radius 3 is 2.38 bits per heavy atom. The molecule has 0 aliphatic rings. The maximum atomic E-state index is 4.27. The van der Waals surface area contributed by atoms with Gasteiger partial charge in [-0.1, -0.05) is 0 Å². The molecular formula is C10H11N3. The van der Waals surface area contributed by atoms with Gasteiger partial charge in [0.25, 0.3) is 0 Å². The fourth-order valence-corrected chi connectivity index (χ4v) is 1.24. The molecule has 0 fully saturated rings. The van der Waals surface area contributed by atoms with Crippen LogP contribution in [0.15, 0.2) is 30.7 Å². The molecule has 2 aromatic rings. The van der Waals surface area contributed by atoms with Crippen LogP contribution in [0.5, 0.6) is 0 Å². The Morgan fingerprint density at radius 2 is 1.85 bits per heavy atom. The van der Waals surface area contributed by atoms with Gasteiger partial charge in [-0.05, 0) is 31.5 Å². The summed E-state index contributed by atoms with van der Waals surface area (Å²) < 4.78 is 1.91. The fraction of sp³-hybridized carbons (Fsp3) is 0.200. The summed E-state index contributed by atoms with van der Waals surface area (Å²) in [5.74, 6) is 0. The zero-order valence-corrected chi connectivity index (χ0v) is 7.73. The molecule has 2 aromatic heterocycles. The van der Waals surface area contributed by atoms with Crippen molar-refractivity contribution in [3.8, 4) is 5.69 Å². The molecule has 0 bridgehead atoms.